The molecule has 3 rings (SSSR count). The van der Waals surface area contributed by atoms with Crippen LogP contribution in [0.2, 0.25) is 0 Å². The molecule has 1 aromatic carbocycles. The van der Waals surface area contributed by atoms with Crippen LogP contribution in [0.25, 0.3) is 0 Å². The van der Waals surface area contributed by atoms with Crippen molar-refractivity contribution in [1.29, 1.82) is 0 Å². The molecule has 1 aliphatic heterocycles. The van der Waals surface area contributed by atoms with E-state index in [4.69, 9.17) is 0 Å². The number of aryl methyl sites for hydroxylation is 1. The second kappa shape index (κ2) is 6.17. The van der Waals surface area contributed by atoms with Crippen LogP contribution in [-0.2, 0) is 19.5 Å². The summed E-state index contributed by atoms with van der Waals surface area (Å²) in [6, 6.07) is 7.64. The summed E-state index contributed by atoms with van der Waals surface area (Å²) in [5.74, 6) is 2.19. The average Bonchev–Trinajstić information content (AvgIpc) is 3.09. The number of carbonyl (C=O) groups excluding carboxylic acids is 1. The van der Waals surface area contributed by atoms with Crippen molar-refractivity contribution in [2.45, 2.75) is 45.7 Å². The van der Waals surface area contributed by atoms with E-state index in [9.17, 15) is 4.79 Å². The Morgan fingerprint density at radius 2 is 2.14 bits per heavy atom. The minimum absolute atomic E-state index is 0.219. The fraction of sp³-hybridized carbons (Fsp3) is 0.438. The number of amides is 2. The Labute approximate surface area is 129 Å². The second-order valence-electron chi connectivity index (χ2n) is 5.84. The van der Waals surface area contributed by atoms with Gasteiger partial charge < -0.3 is 15.2 Å². The molecule has 2 aromatic rings. The lowest BCUT2D eigenvalue weighted by molar-refractivity contribution is 0.251. The van der Waals surface area contributed by atoms with Crippen molar-refractivity contribution in [1.82, 2.24) is 20.1 Å². The van der Waals surface area contributed by atoms with Crippen molar-refractivity contribution in [2.75, 3.05) is 5.32 Å². The number of hydrogen-bond donors (Lipinski definition) is 2. The van der Waals surface area contributed by atoms with E-state index >= 15 is 0 Å². The second-order valence-corrected chi connectivity index (χ2v) is 5.84. The van der Waals surface area contributed by atoms with Gasteiger partial charge in [0.2, 0.25) is 0 Å². The Kier molecular flexibility index (Phi) is 4.09. The standard InChI is InChI=1S/C16H21N5O/c1-11(2)12-6-3-4-7-13(12)18-16(22)17-10-15-20-19-14-8-5-9-21(14)15/h3-4,6-7,11H,5,8-10H2,1-2H3,(H2,17,18,22). The molecule has 2 N–H and O–H groups in total. The molecule has 0 fully saturated rings. The van der Waals surface area contributed by atoms with Crippen LogP contribution in [0, 0.1) is 0 Å². The number of anilines is 1. The van der Waals surface area contributed by atoms with Crippen molar-refractivity contribution < 1.29 is 4.79 Å². The zero-order valence-corrected chi connectivity index (χ0v) is 13.0. The molecule has 2 heterocycles. The molecule has 0 aliphatic carbocycles. The van der Waals surface area contributed by atoms with Crippen molar-refractivity contribution >= 4 is 11.7 Å². The molecule has 0 saturated heterocycles. The number of hydrogen-bond acceptors (Lipinski definition) is 3. The van der Waals surface area contributed by atoms with Gasteiger partial charge in [-0.05, 0) is 24.0 Å². The number of aromatic nitrogens is 3. The number of urea groups is 1. The highest BCUT2D eigenvalue weighted by atomic mass is 16.2. The molecule has 1 aliphatic rings. The number of carbonyl (C=O) groups is 1. The fourth-order valence-electron chi connectivity index (χ4n) is 2.78. The van der Waals surface area contributed by atoms with Crippen LogP contribution in [0.15, 0.2) is 24.3 Å². The minimum atomic E-state index is -0.219. The van der Waals surface area contributed by atoms with E-state index in [0.717, 1.165) is 42.3 Å². The fourth-order valence-corrected chi connectivity index (χ4v) is 2.78. The van der Waals surface area contributed by atoms with Crippen LogP contribution in [0.5, 0.6) is 0 Å². The van der Waals surface area contributed by atoms with Crippen LogP contribution in [-0.4, -0.2) is 20.8 Å². The molecule has 6 heteroatoms. The number of benzene rings is 1. The summed E-state index contributed by atoms with van der Waals surface area (Å²) in [5.41, 5.74) is 1.97. The van der Waals surface area contributed by atoms with Gasteiger partial charge in [-0.1, -0.05) is 32.0 Å². The van der Waals surface area contributed by atoms with E-state index < -0.39 is 0 Å². The highest BCUT2D eigenvalue weighted by molar-refractivity contribution is 5.90. The van der Waals surface area contributed by atoms with Gasteiger partial charge in [-0.25, -0.2) is 4.79 Å². The van der Waals surface area contributed by atoms with Crippen LogP contribution in [0.4, 0.5) is 10.5 Å². The smallest absolute Gasteiger partial charge is 0.319 e. The van der Waals surface area contributed by atoms with Crippen molar-refractivity contribution in [3.63, 3.8) is 0 Å². The third kappa shape index (κ3) is 2.95. The van der Waals surface area contributed by atoms with Crippen LogP contribution >= 0.6 is 0 Å². The summed E-state index contributed by atoms with van der Waals surface area (Å²) in [4.78, 5) is 12.1. The Bertz CT molecular complexity index is 677. The monoisotopic (exact) mass is 299 g/mol. The molecule has 0 spiro atoms. The predicted octanol–water partition coefficient (Wildman–Crippen LogP) is 2.67. The predicted molar refractivity (Wildman–Crippen MR) is 84.7 cm³/mol. The van der Waals surface area contributed by atoms with Crippen LogP contribution in [0.1, 0.15) is 43.4 Å². The quantitative estimate of drug-likeness (QED) is 0.911. The summed E-state index contributed by atoms with van der Waals surface area (Å²) < 4.78 is 2.09. The first-order chi connectivity index (χ1) is 10.6. The van der Waals surface area contributed by atoms with Gasteiger partial charge in [0.25, 0.3) is 0 Å². The number of nitrogens with one attached hydrogen (secondary N) is 2. The van der Waals surface area contributed by atoms with Gasteiger partial charge in [-0.2, -0.15) is 0 Å². The molecule has 116 valence electrons. The van der Waals surface area contributed by atoms with Crippen LogP contribution < -0.4 is 10.6 Å². The van der Waals surface area contributed by atoms with Crippen molar-refractivity contribution in [3.05, 3.63) is 41.5 Å². The number of rotatable bonds is 4. The highest BCUT2D eigenvalue weighted by Crippen LogP contribution is 2.23. The molecule has 0 radical (unpaired) electrons. The van der Waals surface area contributed by atoms with E-state index in [1.165, 1.54) is 0 Å². The third-order valence-electron chi connectivity index (χ3n) is 3.92. The molecule has 0 bridgehead atoms. The maximum atomic E-state index is 12.1. The Morgan fingerprint density at radius 1 is 1.32 bits per heavy atom. The van der Waals surface area contributed by atoms with Gasteiger partial charge in [0.1, 0.15) is 5.82 Å². The summed E-state index contributed by atoms with van der Waals surface area (Å²) in [7, 11) is 0. The molecule has 0 saturated carbocycles. The Morgan fingerprint density at radius 3 is 2.95 bits per heavy atom. The van der Waals surface area contributed by atoms with Gasteiger partial charge >= 0.3 is 6.03 Å². The van der Waals surface area contributed by atoms with Crippen molar-refractivity contribution in [3.8, 4) is 0 Å². The Hall–Kier alpha value is -2.37. The zero-order valence-electron chi connectivity index (χ0n) is 13.0. The molecule has 0 unspecified atom stereocenters. The Balaban J connectivity index is 1.61. The van der Waals surface area contributed by atoms with Gasteiger partial charge in [0, 0.05) is 18.7 Å². The molecule has 6 nitrogen and oxygen atoms in total. The first-order valence-corrected chi connectivity index (χ1v) is 7.70. The number of nitrogens with zero attached hydrogens (tertiary/aromatic N) is 3. The van der Waals surface area contributed by atoms with E-state index in [1.54, 1.807) is 0 Å². The lowest BCUT2D eigenvalue weighted by atomic mass is 10.0. The molecular weight excluding hydrogens is 278 g/mol. The van der Waals surface area contributed by atoms with E-state index in [0.29, 0.717) is 12.5 Å². The number of para-hydroxylation sites is 1. The zero-order chi connectivity index (χ0) is 15.5. The van der Waals surface area contributed by atoms with Crippen molar-refractivity contribution in [2.24, 2.45) is 0 Å². The molecule has 2 amide bonds. The largest absolute Gasteiger partial charge is 0.331 e. The molecular formula is C16H21N5O. The SMILES string of the molecule is CC(C)c1ccccc1NC(=O)NCc1nnc2n1CCC2. The first kappa shape index (κ1) is 14.6. The molecule has 0 atom stereocenters. The first-order valence-electron chi connectivity index (χ1n) is 7.70. The van der Waals surface area contributed by atoms with Crippen LogP contribution in [0.3, 0.4) is 0 Å². The number of fused-ring (bicyclic) bond motifs is 1. The highest BCUT2D eigenvalue weighted by Gasteiger charge is 2.17. The lowest BCUT2D eigenvalue weighted by Crippen LogP contribution is -2.29. The third-order valence-corrected chi connectivity index (χ3v) is 3.92. The maximum absolute atomic E-state index is 12.1. The van der Waals surface area contributed by atoms with Gasteiger partial charge in [0.15, 0.2) is 5.82 Å². The molecule has 1 aromatic heterocycles. The lowest BCUT2D eigenvalue weighted by Gasteiger charge is -2.14. The van der Waals surface area contributed by atoms with E-state index in [2.05, 4.69) is 39.2 Å². The molecule has 22 heavy (non-hydrogen) atoms. The summed E-state index contributed by atoms with van der Waals surface area (Å²) in [6.07, 6.45) is 2.08. The van der Waals surface area contributed by atoms with E-state index in [-0.39, 0.29) is 6.03 Å². The van der Waals surface area contributed by atoms with Gasteiger partial charge in [-0.15, -0.1) is 10.2 Å². The minimum Gasteiger partial charge on any atom is -0.331 e. The summed E-state index contributed by atoms with van der Waals surface area (Å²) in [5, 5.41) is 14.0. The normalized spacial score (nSPS) is 13.2. The maximum Gasteiger partial charge on any atom is 0.319 e. The summed E-state index contributed by atoms with van der Waals surface area (Å²) >= 11 is 0. The summed E-state index contributed by atoms with van der Waals surface area (Å²) in [6.45, 7) is 5.55. The average molecular weight is 299 g/mol. The van der Waals surface area contributed by atoms with E-state index in [1.807, 2.05) is 24.3 Å². The van der Waals surface area contributed by atoms with Gasteiger partial charge in [0.05, 0.1) is 6.54 Å². The topological polar surface area (TPSA) is 71.8 Å². The van der Waals surface area contributed by atoms with Gasteiger partial charge in [-0.3, -0.25) is 0 Å².